The van der Waals surface area contributed by atoms with E-state index in [0.29, 0.717) is 25.2 Å². The van der Waals surface area contributed by atoms with Crippen molar-refractivity contribution in [3.63, 3.8) is 0 Å². The third-order valence-corrected chi connectivity index (χ3v) is 3.25. The summed E-state index contributed by atoms with van der Waals surface area (Å²) >= 11 is 0. The molecule has 0 radical (unpaired) electrons. The van der Waals surface area contributed by atoms with Crippen molar-refractivity contribution in [2.75, 3.05) is 6.61 Å². The lowest BCUT2D eigenvalue weighted by atomic mass is 9.95. The highest BCUT2D eigenvalue weighted by Gasteiger charge is 2.32. The van der Waals surface area contributed by atoms with Gasteiger partial charge in [-0.3, -0.25) is 10.1 Å². The molecule has 0 aromatic heterocycles. The Morgan fingerprint density at radius 1 is 1.43 bits per heavy atom. The van der Waals surface area contributed by atoms with E-state index >= 15 is 0 Å². The first kappa shape index (κ1) is 17.5. The normalized spacial score (nSPS) is 14.0. The van der Waals surface area contributed by atoms with Gasteiger partial charge in [-0.15, -0.1) is 0 Å². The van der Waals surface area contributed by atoms with E-state index in [1.807, 2.05) is 32.0 Å². The van der Waals surface area contributed by atoms with Crippen molar-refractivity contribution in [2.24, 2.45) is 0 Å². The van der Waals surface area contributed by atoms with Crippen LogP contribution in [0.5, 0.6) is 5.75 Å². The number of rotatable bonds is 9. The molecule has 1 aromatic rings. The standard InChI is InChI=1S/C16H25NO4/c1-12(2)17-16(3,15(19)20)8-5-9-21-14-7-4-6-13(10-14)11-18/h4,6-7,10,12,17-18H,5,8-9,11H2,1-3H3,(H,19,20). The summed E-state index contributed by atoms with van der Waals surface area (Å²) in [5, 5.41) is 21.5. The molecule has 0 fully saturated rings. The van der Waals surface area contributed by atoms with Gasteiger partial charge in [0.25, 0.3) is 0 Å². The van der Waals surface area contributed by atoms with Crippen LogP contribution in [0.4, 0.5) is 0 Å². The SMILES string of the molecule is CC(C)NC(C)(CCCOc1cccc(CO)c1)C(=O)O. The van der Waals surface area contributed by atoms with Crippen molar-refractivity contribution < 1.29 is 19.7 Å². The second-order valence-electron chi connectivity index (χ2n) is 5.69. The number of benzene rings is 1. The lowest BCUT2D eigenvalue weighted by molar-refractivity contribution is -0.144. The van der Waals surface area contributed by atoms with Gasteiger partial charge in [0.2, 0.25) is 0 Å². The summed E-state index contributed by atoms with van der Waals surface area (Å²) in [5.74, 6) is -0.158. The molecule has 5 heteroatoms. The molecule has 0 aliphatic heterocycles. The zero-order chi connectivity index (χ0) is 15.9. The summed E-state index contributed by atoms with van der Waals surface area (Å²) in [4.78, 5) is 11.4. The second-order valence-corrected chi connectivity index (χ2v) is 5.69. The molecule has 0 saturated carbocycles. The van der Waals surface area contributed by atoms with Crippen molar-refractivity contribution in [2.45, 2.75) is 51.8 Å². The third-order valence-electron chi connectivity index (χ3n) is 3.25. The topological polar surface area (TPSA) is 78.8 Å². The summed E-state index contributed by atoms with van der Waals surface area (Å²) in [5.41, 5.74) is -0.144. The molecule has 0 saturated heterocycles. The van der Waals surface area contributed by atoms with E-state index in [4.69, 9.17) is 9.84 Å². The number of aliphatic carboxylic acids is 1. The first-order valence-electron chi connectivity index (χ1n) is 7.21. The van der Waals surface area contributed by atoms with Gasteiger partial charge in [-0.25, -0.2) is 0 Å². The summed E-state index contributed by atoms with van der Waals surface area (Å²) in [6, 6.07) is 7.35. The molecule has 1 aromatic carbocycles. The molecule has 3 N–H and O–H groups in total. The Morgan fingerprint density at radius 2 is 2.14 bits per heavy atom. The number of ether oxygens (including phenoxy) is 1. The first-order valence-corrected chi connectivity index (χ1v) is 7.21. The largest absolute Gasteiger partial charge is 0.494 e. The maximum atomic E-state index is 11.4. The van der Waals surface area contributed by atoms with Gasteiger partial charge in [0.1, 0.15) is 11.3 Å². The molecule has 1 rings (SSSR count). The highest BCUT2D eigenvalue weighted by atomic mass is 16.5. The fraction of sp³-hybridized carbons (Fsp3) is 0.562. The number of aliphatic hydroxyl groups excluding tert-OH is 1. The highest BCUT2D eigenvalue weighted by Crippen LogP contribution is 2.17. The van der Waals surface area contributed by atoms with E-state index in [1.54, 1.807) is 13.0 Å². The van der Waals surface area contributed by atoms with Crippen LogP contribution in [0.15, 0.2) is 24.3 Å². The minimum atomic E-state index is -0.940. The number of carboxylic acids is 1. The van der Waals surface area contributed by atoms with E-state index in [9.17, 15) is 9.90 Å². The molecule has 21 heavy (non-hydrogen) atoms. The quantitative estimate of drug-likeness (QED) is 0.609. The molecule has 0 aliphatic carbocycles. The maximum Gasteiger partial charge on any atom is 0.323 e. The van der Waals surface area contributed by atoms with E-state index in [-0.39, 0.29) is 12.6 Å². The number of carbonyl (C=O) groups is 1. The molecule has 0 aliphatic rings. The lowest BCUT2D eigenvalue weighted by Crippen LogP contribution is -2.52. The minimum Gasteiger partial charge on any atom is -0.494 e. The molecule has 5 nitrogen and oxygen atoms in total. The predicted octanol–water partition coefficient (Wildman–Crippen LogP) is 2.18. The minimum absolute atomic E-state index is 0.0212. The number of carboxylic acid groups (broad SMARTS) is 1. The number of aliphatic hydroxyl groups is 1. The summed E-state index contributed by atoms with van der Waals surface area (Å²) in [6.07, 6.45) is 1.12. The molecular weight excluding hydrogens is 270 g/mol. The summed E-state index contributed by atoms with van der Waals surface area (Å²) in [7, 11) is 0. The van der Waals surface area contributed by atoms with E-state index < -0.39 is 11.5 Å². The average molecular weight is 295 g/mol. The highest BCUT2D eigenvalue weighted by molar-refractivity contribution is 5.78. The van der Waals surface area contributed by atoms with E-state index in [1.165, 1.54) is 0 Å². The van der Waals surface area contributed by atoms with Gasteiger partial charge in [0.05, 0.1) is 13.2 Å². The Labute approximate surface area is 125 Å². The van der Waals surface area contributed by atoms with Gasteiger partial charge in [-0.05, 0) is 51.3 Å². The number of hydrogen-bond acceptors (Lipinski definition) is 4. The van der Waals surface area contributed by atoms with Crippen molar-refractivity contribution in [3.05, 3.63) is 29.8 Å². The van der Waals surface area contributed by atoms with Crippen molar-refractivity contribution in [3.8, 4) is 5.75 Å². The first-order chi connectivity index (χ1) is 9.87. The predicted molar refractivity (Wildman–Crippen MR) is 81.4 cm³/mol. The van der Waals surface area contributed by atoms with Crippen LogP contribution in [0.2, 0.25) is 0 Å². The van der Waals surface area contributed by atoms with Gasteiger partial charge in [-0.1, -0.05) is 12.1 Å². The fourth-order valence-electron chi connectivity index (χ4n) is 2.23. The van der Waals surface area contributed by atoms with E-state index in [0.717, 1.165) is 5.56 Å². The van der Waals surface area contributed by atoms with Crippen LogP contribution >= 0.6 is 0 Å². The van der Waals surface area contributed by atoms with Crippen LogP contribution in [-0.2, 0) is 11.4 Å². The summed E-state index contributed by atoms with van der Waals surface area (Å²) in [6.45, 7) is 5.97. The van der Waals surface area contributed by atoms with Crippen LogP contribution in [0, 0.1) is 0 Å². The van der Waals surface area contributed by atoms with Gasteiger partial charge in [0.15, 0.2) is 0 Å². The molecule has 0 spiro atoms. The molecule has 1 atom stereocenters. The van der Waals surface area contributed by atoms with Crippen LogP contribution in [-0.4, -0.2) is 34.4 Å². The van der Waals surface area contributed by atoms with Crippen molar-refractivity contribution in [1.82, 2.24) is 5.32 Å². The van der Waals surface area contributed by atoms with Crippen molar-refractivity contribution in [1.29, 1.82) is 0 Å². The molecule has 118 valence electrons. The van der Waals surface area contributed by atoms with Crippen LogP contribution in [0.1, 0.15) is 39.2 Å². The van der Waals surface area contributed by atoms with Crippen LogP contribution in [0.25, 0.3) is 0 Å². The molecular formula is C16H25NO4. The Bertz CT molecular complexity index is 461. The molecule has 0 amide bonds. The number of nitrogens with one attached hydrogen (secondary N) is 1. The molecule has 0 bridgehead atoms. The summed E-state index contributed by atoms with van der Waals surface area (Å²) < 4.78 is 5.60. The Kier molecular flexibility index (Phi) is 6.65. The van der Waals surface area contributed by atoms with Gasteiger partial charge < -0.3 is 14.9 Å². The Hall–Kier alpha value is -1.59. The van der Waals surface area contributed by atoms with E-state index in [2.05, 4.69) is 5.32 Å². The molecule has 1 unspecified atom stereocenters. The van der Waals surface area contributed by atoms with Gasteiger partial charge >= 0.3 is 5.97 Å². The van der Waals surface area contributed by atoms with Crippen LogP contribution in [0.3, 0.4) is 0 Å². The zero-order valence-corrected chi connectivity index (χ0v) is 12.9. The van der Waals surface area contributed by atoms with Gasteiger partial charge in [-0.2, -0.15) is 0 Å². The van der Waals surface area contributed by atoms with Crippen molar-refractivity contribution >= 4 is 5.97 Å². The van der Waals surface area contributed by atoms with Crippen LogP contribution < -0.4 is 10.1 Å². The second kappa shape index (κ2) is 8.00. The monoisotopic (exact) mass is 295 g/mol. The third kappa shape index (κ3) is 5.73. The zero-order valence-electron chi connectivity index (χ0n) is 12.9. The maximum absolute atomic E-state index is 11.4. The average Bonchev–Trinajstić information content (AvgIpc) is 2.43. The Morgan fingerprint density at radius 3 is 2.71 bits per heavy atom. The lowest BCUT2D eigenvalue weighted by Gasteiger charge is -2.28. The van der Waals surface area contributed by atoms with Gasteiger partial charge in [0, 0.05) is 6.04 Å². The Balaban J connectivity index is 2.45. The smallest absolute Gasteiger partial charge is 0.323 e. The molecule has 0 heterocycles. The number of hydrogen-bond donors (Lipinski definition) is 3. The fourth-order valence-corrected chi connectivity index (χ4v) is 2.23.